The number of amides is 2. The number of anilines is 3. The van der Waals surface area contributed by atoms with Crippen LogP contribution in [0.15, 0.2) is 24.4 Å². The molecule has 0 unspecified atom stereocenters. The van der Waals surface area contributed by atoms with Gasteiger partial charge in [0.1, 0.15) is 5.69 Å². The first-order chi connectivity index (χ1) is 18.0. The molecule has 1 saturated carbocycles. The van der Waals surface area contributed by atoms with E-state index in [2.05, 4.69) is 31.0 Å². The first kappa shape index (κ1) is 19.9. The Hall–Kier alpha value is -4.55. The van der Waals surface area contributed by atoms with Crippen LogP contribution in [0, 0.1) is 5.92 Å². The molecular weight excluding hydrogens is 456 g/mol. The standard InChI is InChI=1S/C22H24N8O5/c1-23-21(32)18-14(9-17(27-28-18)26-20(31)11-5-6-11)25-15-8-12(22(33)35-4)7-13(19(15)34-3)16-10-24-30(2)29-16/h7-11H,5-6H2,1-4H3,(H,23,32)(H2,25,26,27,31)/i1D3. The number of hydrogen-bond acceptors (Lipinski definition) is 10. The fourth-order valence-electron chi connectivity index (χ4n) is 3.33. The van der Waals surface area contributed by atoms with Gasteiger partial charge < -0.3 is 25.4 Å². The average molecular weight is 484 g/mol. The summed E-state index contributed by atoms with van der Waals surface area (Å²) in [5.74, 6) is -1.82. The van der Waals surface area contributed by atoms with Crippen molar-refractivity contribution in [2.24, 2.45) is 13.0 Å². The summed E-state index contributed by atoms with van der Waals surface area (Å²) in [5.41, 5.74) is 0.670. The van der Waals surface area contributed by atoms with Crippen molar-refractivity contribution < 1.29 is 28.0 Å². The summed E-state index contributed by atoms with van der Waals surface area (Å²) in [7, 11) is 4.24. The van der Waals surface area contributed by atoms with Crippen LogP contribution in [-0.2, 0) is 16.6 Å². The molecule has 0 atom stereocenters. The van der Waals surface area contributed by atoms with Gasteiger partial charge in [0.25, 0.3) is 5.91 Å². The van der Waals surface area contributed by atoms with E-state index in [-0.39, 0.29) is 46.0 Å². The second-order valence-corrected chi connectivity index (χ2v) is 7.65. The van der Waals surface area contributed by atoms with Gasteiger partial charge >= 0.3 is 5.97 Å². The number of rotatable bonds is 8. The Labute approximate surface area is 204 Å². The van der Waals surface area contributed by atoms with Crippen LogP contribution in [-0.4, -0.2) is 64.2 Å². The zero-order chi connectivity index (χ0) is 27.6. The number of aryl methyl sites for hydroxylation is 1. The van der Waals surface area contributed by atoms with E-state index in [1.54, 1.807) is 7.05 Å². The predicted molar refractivity (Wildman–Crippen MR) is 124 cm³/mol. The Morgan fingerprint density at radius 2 is 1.94 bits per heavy atom. The fraction of sp³-hybridized carbons (Fsp3) is 0.318. The molecule has 4 rings (SSSR count). The van der Waals surface area contributed by atoms with E-state index in [1.165, 1.54) is 43.4 Å². The summed E-state index contributed by atoms with van der Waals surface area (Å²) in [4.78, 5) is 38.8. The van der Waals surface area contributed by atoms with Gasteiger partial charge in [-0.3, -0.25) is 9.59 Å². The number of nitrogens with one attached hydrogen (secondary N) is 3. The Morgan fingerprint density at radius 1 is 1.14 bits per heavy atom. The number of nitrogens with zero attached hydrogens (tertiary/aromatic N) is 5. The molecule has 0 saturated heterocycles. The number of methoxy groups -OCH3 is 2. The zero-order valence-corrected chi connectivity index (χ0v) is 19.1. The van der Waals surface area contributed by atoms with Crippen LogP contribution in [0.2, 0.25) is 0 Å². The zero-order valence-electron chi connectivity index (χ0n) is 22.1. The molecule has 0 aliphatic heterocycles. The van der Waals surface area contributed by atoms with Crippen LogP contribution >= 0.6 is 0 Å². The van der Waals surface area contributed by atoms with Gasteiger partial charge in [0.2, 0.25) is 5.91 Å². The molecule has 2 heterocycles. The Morgan fingerprint density at radius 3 is 2.57 bits per heavy atom. The Bertz CT molecular complexity index is 1400. The van der Waals surface area contributed by atoms with Crippen LogP contribution in [0.5, 0.6) is 5.75 Å². The largest absolute Gasteiger partial charge is 0.494 e. The summed E-state index contributed by atoms with van der Waals surface area (Å²) in [6.07, 6.45) is 2.98. The van der Waals surface area contributed by atoms with Crippen molar-refractivity contribution in [3.63, 3.8) is 0 Å². The molecule has 1 aliphatic rings. The highest BCUT2D eigenvalue weighted by atomic mass is 16.5. The van der Waals surface area contributed by atoms with Gasteiger partial charge in [-0.05, 0) is 25.0 Å². The van der Waals surface area contributed by atoms with Crippen molar-refractivity contribution in [1.29, 1.82) is 0 Å². The van der Waals surface area contributed by atoms with Gasteiger partial charge in [0.15, 0.2) is 17.3 Å². The normalized spacial score (nSPS) is 14.2. The molecule has 182 valence electrons. The van der Waals surface area contributed by atoms with E-state index in [0.29, 0.717) is 11.3 Å². The maximum atomic E-state index is 12.8. The lowest BCUT2D eigenvalue weighted by Gasteiger charge is -2.17. The monoisotopic (exact) mass is 483 g/mol. The van der Waals surface area contributed by atoms with Crippen molar-refractivity contribution in [2.75, 3.05) is 31.8 Å². The molecule has 1 fully saturated rings. The molecule has 0 spiro atoms. The van der Waals surface area contributed by atoms with Gasteiger partial charge in [0.05, 0.1) is 37.4 Å². The minimum Gasteiger partial charge on any atom is -0.494 e. The maximum absolute atomic E-state index is 12.8. The highest BCUT2D eigenvalue weighted by Crippen LogP contribution is 2.39. The quantitative estimate of drug-likeness (QED) is 0.400. The van der Waals surface area contributed by atoms with Crippen molar-refractivity contribution >= 4 is 35.0 Å². The first-order valence-corrected chi connectivity index (χ1v) is 10.4. The van der Waals surface area contributed by atoms with Crippen LogP contribution in [0.3, 0.4) is 0 Å². The second kappa shape index (κ2) is 9.75. The third-order valence-corrected chi connectivity index (χ3v) is 5.18. The number of ether oxygens (including phenoxy) is 2. The summed E-state index contributed by atoms with van der Waals surface area (Å²) >= 11 is 0. The van der Waals surface area contributed by atoms with Crippen LogP contribution in [0.25, 0.3) is 11.3 Å². The highest BCUT2D eigenvalue weighted by Gasteiger charge is 2.30. The number of esters is 1. The SMILES string of the molecule is [2H]C([2H])([2H])NC(=O)c1nnc(NC(=O)C2CC2)cc1Nc1cc(C(=O)OC)cc(-c2cnn(C)n2)c1OC. The number of aromatic nitrogens is 5. The number of carbonyl (C=O) groups is 3. The van der Waals surface area contributed by atoms with Gasteiger partial charge in [-0.15, -0.1) is 10.2 Å². The lowest BCUT2D eigenvalue weighted by molar-refractivity contribution is -0.117. The topological polar surface area (TPSA) is 162 Å². The third-order valence-electron chi connectivity index (χ3n) is 5.18. The number of carbonyl (C=O) groups excluding carboxylic acids is 3. The molecule has 1 aromatic carbocycles. The molecule has 13 nitrogen and oxygen atoms in total. The molecule has 3 aromatic rings. The van der Waals surface area contributed by atoms with E-state index < -0.39 is 18.9 Å². The van der Waals surface area contributed by atoms with Gasteiger partial charge in [-0.25, -0.2) is 4.79 Å². The van der Waals surface area contributed by atoms with E-state index >= 15 is 0 Å². The minimum atomic E-state index is -2.80. The molecule has 35 heavy (non-hydrogen) atoms. The van der Waals surface area contributed by atoms with Crippen LogP contribution < -0.4 is 20.7 Å². The molecule has 1 aliphatic carbocycles. The lowest BCUT2D eigenvalue weighted by atomic mass is 10.0. The number of benzene rings is 1. The highest BCUT2D eigenvalue weighted by molar-refractivity contribution is 6.01. The summed E-state index contributed by atoms with van der Waals surface area (Å²) in [6.45, 7) is -2.80. The van der Waals surface area contributed by atoms with Crippen molar-refractivity contribution in [3.8, 4) is 17.0 Å². The molecule has 3 N–H and O–H groups in total. The second-order valence-electron chi connectivity index (χ2n) is 7.65. The number of hydrogen-bond donors (Lipinski definition) is 3. The first-order valence-electron chi connectivity index (χ1n) is 11.9. The smallest absolute Gasteiger partial charge is 0.337 e. The van der Waals surface area contributed by atoms with E-state index in [0.717, 1.165) is 12.8 Å². The molecule has 0 bridgehead atoms. The van der Waals surface area contributed by atoms with E-state index in [1.807, 2.05) is 5.32 Å². The van der Waals surface area contributed by atoms with Crippen molar-refractivity contribution in [1.82, 2.24) is 30.5 Å². The molecular formula is C22H24N8O5. The van der Waals surface area contributed by atoms with Crippen molar-refractivity contribution in [3.05, 3.63) is 35.7 Å². The summed E-state index contributed by atoms with van der Waals surface area (Å²) < 4.78 is 32.6. The third kappa shape index (κ3) is 5.03. The van der Waals surface area contributed by atoms with E-state index in [4.69, 9.17) is 13.6 Å². The van der Waals surface area contributed by atoms with Gasteiger partial charge in [0, 0.05) is 35.7 Å². The summed E-state index contributed by atoms with van der Waals surface area (Å²) in [6, 6.07) is 4.25. The maximum Gasteiger partial charge on any atom is 0.337 e. The fourth-order valence-corrected chi connectivity index (χ4v) is 3.33. The molecule has 2 amide bonds. The van der Waals surface area contributed by atoms with Crippen LogP contribution in [0.1, 0.15) is 37.8 Å². The lowest BCUT2D eigenvalue weighted by Crippen LogP contribution is -2.22. The Balaban J connectivity index is 1.83. The van der Waals surface area contributed by atoms with Gasteiger partial charge in [-0.2, -0.15) is 15.0 Å². The predicted octanol–water partition coefficient (Wildman–Crippen LogP) is 1.52. The molecule has 0 radical (unpaired) electrons. The van der Waals surface area contributed by atoms with Crippen molar-refractivity contribution in [2.45, 2.75) is 12.8 Å². The van der Waals surface area contributed by atoms with Gasteiger partial charge in [-0.1, -0.05) is 0 Å². The summed E-state index contributed by atoms with van der Waals surface area (Å²) in [5, 5.41) is 23.5. The average Bonchev–Trinajstić information content (AvgIpc) is 3.62. The minimum absolute atomic E-state index is 0.0155. The molecule has 2 aromatic heterocycles. The molecule has 13 heteroatoms. The van der Waals surface area contributed by atoms with Crippen LogP contribution in [0.4, 0.5) is 17.2 Å². The van der Waals surface area contributed by atoms with E-state index in [9.17, 15) is 14.4 Å². The Kier molecular flexibility index (Phi) is 5.54.